The molecule has 3 atom stereocenters. The zero-order valence-electron chi connectivity index (χ0n) is 22.6. The number of rotatable bonds is 6. The molecular weight excluding hydrogens is 536 g/mol. The zero-order valence-corrected chi connectivity index (χ0v) is 22.6. The minimum Gasteiger partial charge on any atom is -0.508 e. The number of carbonyl (C=O) groups excluding carboxylic acids is 3. The fourth-order valence-corrected chi connectivity index (χ4v) is 6.69. The summed E-state index contributed by atoms with van der Waals surface area (Å²) in [6.07, 6.45) is -0.0248. The third-order valence-corrected chi connectivity index (χ3v) is 8.69. The van der Waals surface area contributed by atoms with E-state index in [2.05, 4.69) is 17.4 Å². The lowest BCUT2D eigenvalue weighted by molar-refractivity contribution is -0.147. The molecule has 3 aromatic rings. The van der Waals surface area contributed by atoms with Gasteiger partial charge in [0.05, 0.1) is 5.56 Å². The second-order valence-corrected chi connectivity index (χ2v) is 11.2. The van der Waals surface area contributed by atoms with Crippen molar-refractivity contribution >= 4 is 23.2 Å². The van der Waals surface area contributed by atoms with Crippen LogP contribution in [0.25, 0.3) is 16.9 Å². The quantitative estimate of drug-likeness (QED) is 0.247. The molecule has 42 heavy (non-hydrogen) atoms. The summed E-state index contributed by atoms with van der Waals surface area (Å²) < 4.78 is 0. The summed E-state index contributed by atoms with van der Waals surface area (Å²) in [6.45, 7) is 1.33. The van der Waals surface area contributed by atoms with Crippen LogP contribution in [0.3, 0.4) is 0 Å². The maximum Gasteiger partial charge on any atom is 0.255 e. The standard InChI is InChI=1S/C33H30N2O7/c34-32(41)28-25(37)14-21-12-20-13-23-22(19-8-4-7-18(11-19)16-35-15-17-5-2-1-3-6-17)9-10-24(36)27(23)29(38)26(20)30(39)33(21,42)31(28)40/h1-11,20-21,35-36,38,40,42H,12-16H2,(H2,34,41). The molecule has 0 spiro atoms. The first kappa shape index (κ1) is 27.4. The van der Waals surface area contributed by atoms with E-state index in [0.717, 1.165) is 16.7 Å². The van der Waals surface area contributed by atoms with Gasteiger partial charge in [-0.25, -0.2) is 0 Å². The van der Waals surface area contributed by atoms with Crippen LogP contribution >= 0.6 is 0 Å². The molecule has 3 aromatic carbocycles. The van der Waals surface area contributed by atoms with Crippen LogP contribution < -0.4 is 11.1 Å². The van der Waals surface area contributed by atoms with Gasteiger partial charge in [0.2, 0.25) is 5.78 Å². The Labute approximate surface area is 241 Å². The van der Waals surface area contributed by atoms with Crippen molar-refractivity contribution in [1.29, 1.82) is 0 Å². The van der Waals surface area contributed by atoms with Crippen molar-refractivity contribution in [1.82, 2.24) is 5.32 Å². The molecule has 214 valence electrons. The van der Waals surface area contributed by atoms with E-state index in [0.29, 0.717) is 18.7 Å². The maximum absolute atomic E-state index is 13.7. The van der Waals surface area contributed by atoms with Gasteiger partial charge in [-0.2, -0.15) is 0 Å². The Morgan fingerprint density at radius 1 is 0.929 bits per heavy atom. The predicted molar refractivity (Wildman–Crippen MR) is 154 cm³/mol. The van der Waals surface area contributed by atoms with Crippen LogP contribution in [-0.2, 0) is 33.9 Å². The van der Waals surface area contributed by atoms with E-state index >= 15 is 0 Å². The first-order valence-electron chi connectivity index (χ1n) is 13.8. The lowest BCUT2D eigenvalue weighted by Crippen LogP contribution is -2.58. The van der Waals surface area contributed by atoms with E-state index in [9.17, 15) is 34.8 Å². The van der Waals surface area contributed by atoms with E-state index in [1.165, 1.54) is 11.6 Å². The number of hydrogen-bond donors (Lipinski definition) is 6. The molecule has 1 amide bonds. The Kier molecular flexibility index (Phi) is 6.71. The topological polar surface area (TPSA) is 170 Å². The van der Waals surface area contributed by atoms with Crippen molar-refractivity contribution in [3.05, 3.63) is 106 Å². The molecule has 0 heterocycles. The monoisotopic (exact) mass is 566 g/mol. The van der Waals surface area contributed by atoms with E-state index in [-0.39, 0.29) is 36.1 Å². The number of carbonyl (C=O) groups is 3. The Morgan fingerprint density at radius 2 is 1.64 bits per heavy atom. The molecule has 3 aliphatic carbocycles. The number of phenolic OH excluding ortho intramolecular Hbond substituents is 1. The lowest BCUT2D eigenvalue weighted by Gasteiger charge is -2.46. The highest BCUT2D eigenvalue weighted by Gasteiger charge is 2.60. The Hall–Kier alpha value is -4.73. The van der Waals surface area contributed by atoms with Crippen LogP contribution in [0.2, 0.25) is 0 Å². The highest BCUT2D eigenvalue weighted by Crippen LogP contribution is 2.53. The molecule has 1 fully saturated rings. The van der Waals surface area contributed by atoms with Crippen molar-refractivity contribution in [3.63, 3.8) is 0 Å². The summed E-state index contributed by atoms with van der Waals surface area (Å²) in [7, 11) is 0. The second-order valence-electron chi connectivity index (χ2n) is 11.2. The first-order valence-corrected chi connectivity index (χ1v) is 13.8. The number of primary amides is 1. The number of ketones is 2. The highest BCUT2D eigenvalue weighted by atomic mass is 16.3. The van der Waals surface area contributed by atoms with E-state index in [1.807, 2.05) is 42.5 Å². The van der Waals surface area contributed by atoms with Crippen molar-refractivity contribution in [2.24, 2.45) is 17.6 Å². The molecule has 0 aliphatic heterocycles. The lowest BCUT2D eigenvalue weighted by atomic mass is 9.59. The Bertz CT molecular complexity index is 1710. The molecule has 0 radical (unpaired) electrons. The van der Waals surface area contributed by atoms with E-state index < -0.39 is 52.0 Å². The van der Waals surface area contributed by atoms with Gasteiger partial charge >= 0.3 is 0 Å². The SMILES string of the molecule is NC(=O)C1=C(O)C2(O)C(=O)C3=C(O)c4c(O)ccc(-c5cccc(CNCc6ccccc6)c5)c4CC3CC2CC1=O. The number of aliphatic hydroxyl groups excluding tert-OH is 2. The fourth-order valence-electron chi connectivity index (χ4n) is 6.69. The summed E-state index contributed by atoms with van der Waals surface area (Å²) in [5, 5.41) is 47.8. The van der Waals surface area contributed by atoms with Crippen molar-refractivity contribution in [2.45, 2.75) is 38.0 Å². The van der Waals surface area contributed by atoms with Gasteiger partial charge in [-0.3, -0.25) is 14.4 Å². The van der Waals surface area contributed by atoms with Gasteiger partial charge in [0.15, 0.2) is 11.4 Å². The Balaban J connectivity index is 1.37. The van der Waals surface area contributed by atoms with Crippen LogP contribution in [-0.4, -0.2) is 43.5 Å². The molecular formula is C33H30N2O7. The number of benzene rings is 3. The molecule has 6 rings (SSSR count). The number of nitrogens with one attached hydrogen (secondary N) is 1. The number of amides is 1. The zero-order chi connectivity index (χ0) is 29.8. The minimum absolute atomic E-state index is 0.0761. The molecule has 9 heteroatoms. The molecule has 1 saturated carbocycles. The predicted octanol–water partition coefficient (Wildman–Crippen LogP) is 3.38. The van der Waals surface area contributed by atoms with Gasteiger partial charge in [0, 0.05) is 31.0 Å². The minimum atomic E-state index is -2.58. The molecule has 9 nitrogen and oxygen atoms in total. The van der Waals surface area contributed by atoms with Crippen LogP contribution in [0.5, 0.6) is 5.75 Å². The molecule has 0 bridgehead atoms. The molecule has 3 aliphatic rings. The third kappa shape index (κ3) is 4.29. The van der Waals surface area contributed by atoms with Gasteiger partial charge in [0.25, 0.3) is 5.91 Å². The van der Waals surface area contributed by atoms with E-state index in [1.54, 1.807) is 6.07 Å². The fraction of sp³-hybridized carbons (Fsp3) is 0.242. The summed E-state index contributed by atoms with van der Waals surface area (Å²) in [5.41, 5.74) is 6.26. The van der Waals surface area contributed by atoms with Gasteiger partial charge in [0.1, 0.15) is 22.8 Å². The number of fused-ring (bicyclic) bond motifs is 3. The van der Waals surface area contributed by atoms with Crippen LogP contribution in [0.15, 0.2) is 83.6 Å². The van der Waals surface area contributed by atoms with Crippen LogP contribution in [0.4, 0.5) is 0 Å². The summed E-state index contributed by atoms with van der Waals surface area (Å²) in [5.74, 6) is -6.42. The highest BCUT2D eigenvalue weighted by molar-refractivity contribution is 6.22. The third-order valence-electron chi connectivity index (χ3n) is 8.69. The number of nitrogens with two attached hydrogens (primary N) is 1. The largest absolute Gasteiger partial charge is 0.508 e. The molecule has 3 unspecified atom stereocenters. The van der Waals surface area contributed by atoms with Crippen molar-refractivity contribution < 1.29 is 34.8 Å². The molecule has 7 N–H and O–H groups in total. The number of phenols is 1. The normalized spacial score (nSPS) is 23.4. The average molecular weight is 567 g/mol. The number of hydrogen-bond acceptors (Lipinski definition) is 8. The number of Topliss-reactive ketones (excluding diaryl/α,β-unsaturated/α-hetero) is 2. The van der Waals surface area contributed by atoms with Gasteiger partial charge in [-0.15, -0.1) is 0 Å². The number of aromatic hydroxyl groups is 1. The van der Waals surface area contributed by atoms with Gasteiger partial charge < -0.3 is 31.5 Å². The van der Waals surface area contributed by atoms with Crippen LogP contribution in [0, 0.1) is 11.8 Å². The summed E-state index contributed by atoms with van der Waals surface area (Å²) >= 11 is 0. The molecule has 0 saturated heterocycles. The van der Waals surface area contributed by atoms with Gasteiger partial charge in [-0.05, 0) is 58.7 Å². The summed E-state index contributed by atoms with van der Waals surface area (Å²) in [4.78, 5) is 38.2. The van der Waals surface area contributed by atoms with Crippen LogP contribution in [0.1, 0.15) is 35.1 Å². The first-order chi connectivity index (χ1) is 20.1. The maximum atomic E-state index is 13.7. The van der Waals surface area contributed by atoms with E-state index in [4.69, 9.17) is 5.73 Å². The Morgan fingerprint density at radius 3 is 2.38 bits per heavy atom. The van der Waals surface area contributed by atoms with Crippen molar-refractivity contribution in [3.8, 4) is 16.9 Å². The second kappa shape index (κ2) is 10.3. The van der Waals surface area contributed by atoms with Crippen molar-refractivity contribution in [2.75, 3.05) is 0 Å². The molecule has 0 aromatic heterocycles. The van der Waals surface area contributed by atoms with Gasteiger partial charge in [-0.1, -0.05) is 54.6 Å². The summed E-state index contributed by atoms with van der Waals surface area (Å²) in [6, 6.07) is 21.2. The number of aliphatic hydroxyl groups is 3. The smallest absolute Gasteiger partial charge is 0.255 e. The average Bonchev–Trinajstić information content (AvgIpc) is 2.95.